The van der Waals surface area contributed by atoms with Crippen molar-refractivity contribution < 1.29 is 14.3 Å². The Morgan fingerprint density at radius 3 is 2.81 bits per heavy atom. The van der Waals surface area contributed by atoms with Crippen LogP contribution in [0.25, 0.3) is 10.8 Å². The molecule has 0 saturated carbocycles. The molecule has 1 heterocycles. The van der Waals surface area contributed by atoms with Gasteiger partial charge in [-0.15, -0.1) is 0 Å². The number of nitrogens with one attached hydrogen (secondary N) is 3. The molecule has 2 atom stereocenters. The molecule has 9 nitrogen and oxygen atoms in total. The predicted molar refractivity (Wildman–Crippen MR) is 122 cm³/mol. The number of nitrogens with zero attached hydrogens (tertiary/aromatic N) is 1. The number of fused-ring (bicyclic) bond motifs is 1. The number of nitrogens with two attached hydrogens (primary N) is 2. The van der Waals surface area contributed by atoms with Gasteiger partial charge in [0, 0.05) is 23.7 Å². The van der Waals surface area contributed by atoms with Crippen LogP contribution in [-0.2, 0) is 9.59 Å². The lowest BCUT2D eigenvalue weighted by atomic mass is 10.1. The van der Waals surface area contributed by atoms with Crippen LogP contribution in [0, 0.1) is 0 Å². The summed E-state index contributed by atoms with van der Waals surface area (Å²) in [5.74, 6) is 0.198. The number of carbonyl (C=O) groups excluding carboxylic acids is 2. The topological polar surface area (TPSA) is 144 Å². The molecular weight excluding hydrogens is 396 g/mol. The first-order valence-electron chi connectivity index (χ1n) is 10.4. The van der Waals surface area contributed by atoms with Gasteiger partial charge in [-0.05, 0) is 43.7 Å². The number of benzene rings is 2. The number of guanidine groups is 1. The van der Waals surface area contributed by atoms with Gasteiger partial charge >= 0.3 is 0 Å². The van der Waals surface area contributed by atoms with E-state index in [0.29, 0.717) is 30.8 Å². The molecule has 7 N–H and O–H groups in total. The fraction of sp³-hybridized carbons (Fsp3) is 0.409. The summed E-state index contributed by atoms with van der Waals surface area (Å²) in [5, 5.41) is 10.8. The molecule has 9 heteroatoms. The van der Waals surface area contributed by atoms with Crippen molar-refractivity contribution in [1.29, 1.82) is 0 Å². The van der Waals surface area contributed by atoms with E-state index in [-0.39, 0.29) is 23.8 Å². The second-order valence-electron chi connectivity index (χ2n) is 7.55. The smallest absolute Gasteiger partial charge is 0.246 e. The van der Waals surface area contributed by atoms with Crippen LogP contribution in [0.5, 0.6) is 5.75 Å². The first-order valence-corrected chi connectivity index (χ1v) is 10.4. The normalized spacial score (nSPS) is 16.5. The zero-order valence-electron chi connectivity index (χ0n) is 17.7. The molecule has 1 saturated heterocycles. The van der Waals surface area contributed by atoms with E-state index in [1.807, 2.05) is 30.3 Å². The van der Waals surface area contributed by atoms with Gasteiger partial charge in [0.25, 0.3) is 0 Å². The molecule has 1 fully saturated rings. The van der Waals surface area contributed by atoms with Crippen LogP contribution in [0.3, 0.4) is 0 Å². The number of aliphatic imine (C=N–C) groups is 1. The summed E-state index contributed by atoms with van der Waals surface area (Å²) >= 11 is 0. The molecule has 0 radical (unpaired) electrons. The molecule has 3 rings (SSSR count). The molecule has 0 aliphatic carbocycles. The van der Waals surface area contributed by atoms with E-state index in [1.165, 1.54) is 0 Å². The van der Waals surface area contributed by atoms with Crippen molar-refractivity contribution in [3.63, 3.8) is 0 Å². The highest BCUT2D eigenvalue weighted by Crippen LogP contribution is 2.29. The standard InChI is InChI=1S/C22H30N6O3/c1-31-19-13-15(12-14-6-2-3-7-16(14)19)27-21(30)18(9-5-11-26-22(23)24)28-20(29)17-8-4-10-25-17/h2-3,6-7,12-13,17-18,25H,4-5,8-11H2,1H3,(H,27,30)(H,28,29)(H4,23,24,26)/t17-,18-/m0/s1. The van der Waals surface area contributed by atoms with Gasteiger partial charge in [0.15, 0.2) is 5.96 Å². The fourth-order valence-corrected chi connectivity index (χ4v) is 3.70. The van der Waals surface area contributed by atoms with Gasteiger partial charge in [-0.1, -0.05) is 24.3 Å². The van der Waals surface area contributed by atoms with Crippen LogP contribution in [0.4, 0.5) is 5.69 Å². The molecule has 1 aliphatic rings. The number of anilines is 1. The van der Waals surface area contributed by atoms with Crippen LogP contribution in [-0.4, -0.2) is 50.1 Å². The summed E-state index contributed by atoms with van der Waals surface area (Å²) in [6.07, 6.45) is 2.66. The highest BCUT2D eigenvalue weighted by atomic mass is 16.5. The number of hydrogen-bond donors (Lipinski definition) is 5. The lowest BCUT2D eigenvalue weighted by Gasteiger charge is -2.21. The van der Waals surface area contributed by atoms with Crippen LogP contribution in [0.15, 0.2) is 41.4 Å². The van der Waals surface area contributed by atoms with E-state index in [9.17, 15) is 9.59 Å². The van der Waals surface area contributed by atoms with Gasteiger partial charge in [-0.3, -0.25) is 14.6 Å². The molecule has 31 heavy (non-hydrogen) atoms. The monoisotopic (exact) mass is 426 g/mol. The maximum absolute atomic E-state index is 13.1. The van der Waals surface area contributed by atoms with Crippen molar-refractivity contribution in [2.45, 2.75) is 37.8 Å². The van der Waals surface area contributed by atoms with Gasteiger partial charge in [0.2, 0.25) is 11.8 Å². The minimum atomic E-state index is -0.707. The Kier molecular flexibility index (Phi) is 7.66. The van der Waals surface area contributed by atoms with Crippen molar-refractivity contribution in [1.82, 2.24) is 10.6 Å². The zero-order chi connectivity index (χ0) is 22.2. The van der Waals surface area contributed by atoms with Gasteiger partial charge in [0.1, 0.15) is 11.8 Å². The third kappa shape index (κ3) is 6.08. The molecule has 0 aromatic heterocycles. The third-order valence-electron chi connectivity index (χ3n) is 5.27. The molecule has 1 aliphatic heterocycles. The maximum Gasteiger partial charge on any atom is 0.246 e. The minimum absolute atomic E-state index is 0.00320. The second-order valence-corrected chi connectivity index (χ2v) is 7.55. The largest absolute Gasteiger partial charge is 0.496 e. The van der Waals surface area contributed by atoms with E-state index >= 15 is 0 Å². The maximum atomic E-state index is 13.1. The van der Waals surface area contributed by atoms with Crippen LogP contribution < -0.4 is 32.2 Å². The van der Waals surface area contributed by atoms with Crippen LogP contribution in [0.2, 0.25) is 0 Å². The number of amides is 2. The Labute approximate surface area is 181 Å². The van der Waals surface area contributed by atoms with Crippen molar-refractivity contribution in [2.24, 2.45) is 16.5 Å². The summed E-state index contributed by atoms with van der Waals surface area (Å²) in [4.78, 5) is 29.6. The summed E-state index contributed by atoms with van der Waals surface area (Å²) in [7, 11) is 1.59. The molecule has 2 aromatic carbocycles. The summed E-state index contributed by atoms with van der Waals surface area (Å²) < 4.78 is 5.48. The Morgan fingerprint density at radius 2 is 2.10 bits per heavy atom. The quantitative estimate of drug-likeness (QED) is 0.231. The van der Waals surface area contributed by atoms with Crippen molar-refractivity contribution in [3.8, 4) is 5.75 Å². The average molecular weight is 427 g/mol. The van der Waals surface area contributed by atoms with Crippen molar-refractivity contribution in [2.75, 3.05) is 25.5 Å². The minimum Gasteiger partial charge on any atom is -0.496 e. The van der Waals surface area contributed by atoms with Crippen molar-refractivity contribution in [3.05, 3.63) is 36.4 Å². The van der Waals surface area contributed by atoms with Gasteiger partial charge in [0.05, 0.1) is 13.2 Å². The molecular formula is C22H30N6O3. The predicted octanol–water partition coefficient (Wildman–Crippen LogP) is 1.08. The van der Waals surface area contributed by atoms with E-state index in [2.05, 4.69) is 20.9 Å². The Balaban J connectivity index is 1.74. The molecule has 2 aromatic rings. The van der Waals surface area contributed by atoms with Crippen LogP contribution >= 0.6 is 0 Å². The lowest BCUT2D eigenvalue weighted by Crippen LogP contribution is -2.49. The molecule has 166 valence electrons. The van der Waals surface area contributed by atoms with Crippen molar-refractivity contribution >= 4 is 34.2 Å². The van der Waals surface area contributed by atoms with E-state index in [1.54, 1.807) is 13.2 Å². The number of methoxy groups -OCH3 is 1. The average Bonchev–Trinajstić information content (AvgIpc) is 3.30. The number of hydrogen-bond acceptors (Lipinski definition) is 5. The first-order chi connectivity index (χ1) is 15.0. The summed E-state index contributed by atoms with van der Waals surface area (Å²) in [6.45, 7) is 1.18. The van der Waals surface area contributed by atoms with E-state index in [0.717, 1.165) is 30.2 Å². The SMILES string of the molecule is COc1cc(NC(=O)[C@H](CCCN=C(N)N)NC(=O)[C@@H]2CCCN2)cc2ccccc12. The molecule has 0 unspecified atom stereocenters. The molecule has 0 spiro atoms. The van der Waals surface area contributed by atoms with Gasteiger partial charge in [-0.2, -0.15) is 0 Å². The number of ether oxygens (including phenoxy) is 1. The Bertz CT molecular complexity index is 951. The highest BCUT2D eigenvalue weighted by molar-refractivity contribution is 6.00. The lowest BCUT2D eigenvalue weighted by molar-refractivity contribution is -0.127. The van der Waals surface area contributed by atoms with Crippen LogP contribution in [0.1, 0.15) is 25.7 Å². The summed E-state index contributed by atoms with van der Waals surface area (Å²) in [5.41, 5.74) is 11.3. The first kappa shape index (κ1) is 22.4. The van der Waals surface area contributed by atoms with E-state index in [4.69, 9.17) is 16.2 Å². The van der Waals surface area contributed by atoms with Gasteiger partial charge in [-0.25, -0.2) is 0 Å². The van der Waals surface area contributed by atoms with E-state index < -0.39 is 6.04 Å². The third-order valence-corrected chi connectivity index (χ3v) is 5.27. The Morgan fingerprint density at radius 1 is 1.29 bits per heavy atom. The summed E-state index contributed by atoms with van der Waals surface area (Å²) in [6, 6.07) is 10.4. The van der Waals surface area contributed by atoms with Gasteiger partial charge < -0.3 is 32.2 Å². The zero-order valence-corrected chi connectivity index (χ0v) is 17.7. The fourth-order valence-electron chi connectivity index (χ4n) is 3.70. The number of carbonyl (C=O) groups is 2. The Hall–Kier alpha value is -3.33. The second kappa shape index (κ2) is 10.6. The molecule has 2 amide bonds. The molecule has 0 bridgehead atoms. The number of rotatable bonds is 9. The highest BCUT2D eigenvalue weighted by Gasteiger charge is 2.27.